The molecule has 1 aromatic carbocycles. The lowest BCUT2D eigenvalue weighted by Crippen LogP contribution is -2.71. The second kappa shape index (κ2) is 8.56. The van der Waals surface area contributed by atoms with Crippen LogP contribution in [0.1, 0.15) is 17.0 Å². The summed E-state index contributed by atoms with van der Waals surface area (Å²) in [6.45, 7) is 7.31. The predicted molar refractivity (Wildman–Crippen MR) is 127 cm³/mol. The Balaban J connectivity index is 1.44. The van der Waals surface area contributed by atoms with Crippen LogP contribution < -0.4 is 10.6 Å². The second-order valence-corrected chi connectivity index (χ2v) is 9.52. The minimum atomic E-state index is -0.265. The number of nitrogens with zero attached hydrogens (tertiary/aromatic N) is 4. The Labute approximate surface area is 196 Å². The molecule has 0 bridgehead atoms. The largest absolute Gasteiger partial charge is 0.369 e. The van der Waals surface area contributed by atoms with Crippen LogP contribution in [0, 0.1) is 25.2 Å². The maximum absolute atomic E-state index is 12.9. The number of rotatable bonds is 3. The van der Waals surface area contributed by atoms with E-state index in [4.69, 9.17) is 9.72 Å². The highest BCUT2D eigenvalue weighted by atomic mass is 32.1. The fourth-order valence-corrected chi connectivity index (χ4v) is 5.30. The zero-order valence-corrected chi connectivity index (χ0v) is 19.3. The van der Waals surface area contributed by atoms with Gasteiger partial charge in [-0.1, -0.05) is 23.5 Å². The first kappa shape index (κ1) is 21.5. The zero-order valence-electron chi connectivity index (χ0n) is 18.5. The van der Waals surface area contributed by atoms with Gasteiger partial charge in [-0.15, -0.1) is 0 Å². The molecule has 33 heavy (non-hydrogen) atoms. The first-order valence-electron chi connectivity index (χ1n) is 10.8. The molecule has 3 aromatic rings. The number of nitrogens with one attached hydrogen (secondary N) is 2. The number of hydrogen-bond acceptors (Lipinski definition) is 7. The number of aromatic nitrogens is 2. The molecule has 2 amide bonds. The number of thiazole rings is 1. The van der Waals surface area contributed by atoms with Crippen LogP contribution in [0.3, 0.4) is 0 Å². The Morgan fingerprint density at radius 2 is 2.00 bits per heavy atom. The lowest BCUT2D eigenvalue weighted by Gasteiger charge is -2.51. The number of nitriles is 1. The van der Waals surface area contributed by atoms with Crippen LogP contribution in [0.15, 0.2) is 36.4 Å². The van der Waals surface area contributed by atoms with Gasteiger partial charge in [-0.2, -0.15) is 5.26 Å². The highest BCUT2D eigenvalue weighted by Gasteiger charge is 2.47. The molecule has 0 unspecified atom stereocenters. The molecule has 0 radical (unpaired) electrons. The van der Waals surface area contributed by atoms with Crippen LogP contribution in [0.2, 0.25) is 0 Å². The van der Waals surface area contributed by atoms with E-state index in [2.05, 4.69) is 21.7 Å². The summed E-state index contributed by atoms with van der Waals surface area (Å²) in [5.74, 6) is 0. The average Bonchev–Trinajstić information content (AvgIpc) is 3.21. The van der Waals surface area contributed by atoms with E-state index in [1.807, 2.05) is 44.2 Å². The maximum atomic E-state index is 12.9. The van der Waals surface area contributed by atoms with Gasteiger partial charge in [0.15, 0.2) is 5.13 Å². The van der Waals surface area contributed by atoms with Gasteiger partial charge >= 0.3 is 6.03 Å². The molecule has 2 aromatic heterocycles. The Bertz CT molecular complexity index is 1230. The van der Waals surface area contributed by atoms with Crippen LogP contribution in [-0.4, -0.2) is 59.3 Å². The van der Waals surface area contributed by atoms with Crippen molar-refractivity contribution in [1.82, 2.24) is 20.2 Å². The number of amides is 2. The standard InChI is InChI=1S/C24H24N6O2S/c1-15-8-19(9-16(2)27-15)21-20(18-5-3-4-17(10-18)11-25)28-22(33-21)29-23(31)30-13-24(14-30)12-26-6-7-32-24/h3-5,8-10,26H,6-7,12-14H2,1-2H3,(H,28,29,31). The van der Waals surface area contributed by atoms with E-state index in [1.54, 1.807) is 11.0 Å². The van der Waals surface area contributed by atoms with Gasteiger partial charge in [0.05, 0.1) is 41.9 Å². The van der Waals surface area contributed by atoms with Crippen LogP contribution >= 0.6 is 11.3 Å². The van der Waals surface area contributed by atoms with Gasteiger partial charge in [-0.25, -0.2) is 9.78 Å². The molecule has 2 fully saturated rings. The number of urea groups is 1. The van der Waals surface area contributed by atoms with Gasteiger partial charge in [0.25, 0.3) is 0 Å². The molecule has 0 atom stereocenters. The Kier molecular flexibility index (Phi) is 5.58. The summed E-state index contributed by atoms with van der Waals surface area (Å²) in [4.78, 5) is 24.8. The molecule has 2 N–H and O–H groups in total. The van der Waals surface area contributed by atoms with Crippen molar-refractivity contribution < 1.29 is 9.53 Å². The minimum absolute atomic E-state index is 0.186. The topological polar surface area (TPSA) is 103 Å². The zero-order chi connectivity index (χ0) is 23.0. The number of aryl methyl sites for hydroxylation is 2. The molecule has 9 heteroatoms. The van der Waals surface area contributed by atoms with E-state index in [0.29, 0.717) is 30.4 Å². The lowest BCUT2D eigenvalue weighted by molar-refractivity contribution is -0.138. The Morgan fingerprint density at radius 1 is 1.21 bits per heavy atom. The molecule has 0 saturated carbocycles. The van der Waals surface area contributed by atoms with Crippen molar-refractivity contribution in [2.45, 2.75) is 19.4 Å². The number of ether oxygens (including phenoxy) is 1. The van der Waals surface area contributed by atoms with Gasteiger partial charge in [0.1, 0.15) is 5.60 Å². The summed E-state index contributed by atoms with van der Waals surface area (Å²) in [7, 11) is 0. The van der Waals surface area contributed by atoms with Crippen LogP contribution in [0.5, 0.6) is 0 Å². The van der Waals surface area contributed by atoms with E-state index in [9.17, 15) is 10.1 Å². The van der Waals surface area contributed by atoms with Crippen molar-refractivity contribution in [2.24, 2.45) is 0 Å². The van der Waals surface area contributed by atoms with Gasteiger partial charge in [0.2, 0.25) is 0 Å². The quantitative estimate of drug-likeness (QED) is 0.619. The van der Waals surface area contributed by atoms with Gasteiger partial charge < -0.3 is 15.0 Å². The molecule has 2 aliphatic rings. The monoisotopic (exact) mass is 460 g/mol. The number of benzene rings is 1. The van der Waals surface area contributed by atoms with Gasteiger partial charge in [-0.05, 0) is 43.7 Å². The second-order valence-electron chi connectivity index (χ2n) is 8.52. The highest BCUT2D eigenvalue weighted by Crippen LogP contribution is 2.40. The third-order valence-corrected chi connectivity index (χ3v) is 6.85. The molecule has 168 valence electrons. The van der Waals surface area contributed by atoms with E-state index in [-0.39, 0.29) is 11.6 Å². The van der Waals surface area contributed by atoms with E-state index >= 15 is 0 Å². The molecule has 0 aliphatic carbocycles. The molecule has 2 aliphatic heterocycles. The number of pyridine rings is 1. The van der Waals surface area contributed by atoms with Crippen molar-refractivity contribution in [3.8, 4) is 27.8 Å². The van der Waals surface area contributed by atoms with Crippen LogP contribution in [0.4, 0.5) is 9.93 Å². The van der Waals surface area contributed by atoms with Crippen molar-refractivity contribution >= 4 is 22.5 Å². The molecule has 2 saturated heterocycles. The maximum Gasteiger partial charge on any atom is 0.323 e. The molecule has 1 spiro atoms. The number of carbonyl (C=O) groups is 1. The summed E-state index contributed by atoms with van der Waals surface area (Å²) < 4.78 is 5.89. The summed E-state index contributed by atoms with van der Waals surface area (Å²) in [6, 6.07) is 13.4. The first-order valence-corrected chi connectivity index (χ1v) is 11.6. The third-order valence-electron chi connectivity index (χ3n) is 5.83. The van der Waals surface area contributed by atoms with Gasteiger partial charge in [0, 0.05) is 30.0 Å². The Morgan fingerprint density at radius 3 is 2.70 bits per heavy atom. The highest BCUT2D eigenvalue weighted by molar-refractivity contribution is 7.19. The molecule has 4 heterocycles. The van der Waals surface area contributed by atoms with Crippen molar-refractivity contribution in [3.05, 3.63) is 53.3 Å². The van der Waals surface area contributed by atoms with Crippen molar-refractivity contribution in [2.75, 3.05) is 38.1 Å². The van der Waals surface area contributed by atoms with Crippen molar-refractivity contribution in [1.29, 1.82) is 5.26 Å². The number of likely N-dealkylation sites (tertiary alicyclic amines) is 1. The summed E-state index contributed by atoms with van der Waals surface area (Å²) in [5, 5.41) is 16.1. The first-order chi connectivity index (χ1) is 15.9. The summed E-state index contributed by atoms with van der Waals surface area (Å²) >= 11 is 1.42. The Hall–Kier alpha value is -3.32. The van der Waals surface area contributed by atoms with Gasteiger partial charge in [-0.3, -0.25) is 10.3 Å². The van der Waals surface area contributed by atoms with E-state index < -0.39 is 0 Å². The lowest BCUT2D eigenvalue weighted by atomic mass is 9.93. The van der Waals surface area contributed by atoms with Crippen LogP contribution in [-0.2, 0) is 4.74 Å². The molecule has 8 nitrogen and oxygen atoms in total. The number of hydrogen-bond donors (Lipinski definition) is 2. The predicted octanol–water partition coefficient (Wildman–Crippen LogP) is 3.57. The SMILES string of the molecule is Cc1cc(-c2sc(NC(=O)N3CC4(CNCCO4)C3)nc2-c2cccc(C#N)c2)cc(C)n1. The van der Waals surface area contributed by atoms with E-state index in [1.165, 1.54) is 11.3 Å². The minimum Gasteiger partial charge on any atom is -0.369 e. The molecular weight excluding hydrogens is 436 g/mol. The van der Waals surface area contributed by atoms with Crippen molar-refractivity contribution in [3.63, 3.8) is 0 Å². The molecular formula is C24H24N6O2S. The fourth-order valence-electron chi connectivity index (χ4n) is 4.34. The summed E-state index contributed by atoms with van der Waals surface area (Å²) in [5.41, 5.74) is 4.67. The number of morpholine rings is 1. The number of carbonyl (C=O) groups excluding carboxylic acids is 1. The fraction of sp³-hybridized carbons (Fsp3) is 0.333. The average molecular weight is 461 g/mol. The smallest absolute Gasteiger partial charge is 0.323 e. The van der Waals surface area contributed by atoms with E-state index in [0.717, 1.165) is 46.2 Å². The summed E-state index contributed by atoms with van der Waals surface area (Å²) in [6.07, 6.45) is 0. The molecule has 5 rings (SSSR count). The third kappa shape index (κ3) is 4.33. The van der Waals surface area contributed by atoms with Crippen LogP contribution in [0.25, 0.3) is 21.7 Å². The number of anilines is 1. The normalized spacial score (nSPS) is 16.8.